The van der Waals surface area contributed by atoms with Crippen molar-refractivity contribution in [3.05, 3.63) is 0 Å². The van der Waals surface area contributed by atoms with E-state index in [1.54, 1.807) is 0 Å². The Bertz CT molecular complexity index is 1180. The first-order valence-corrected chi connectivity index (χ1v) is 16.9. The van der Waals surface area contributed by atoms with E-state index in [9.17, 15) is 64.6 Å². The van der Waals surface area contributed by atoms with E-state index in [1.807, 2.05) is 0 Å². The van der Waals surface area contributed by atoms with Gasteiger partial charge in [-0.15, -0.1) is 0 Å². The highest BCUT2D eigenvalue weighted by molar-refractivity contribution is 7.86. The summed E-state index contributed by atoms with van der Waals surface area (Å²) >= 11 is 0. The van der Waals surface area contributed by atoms with Gasteiger partial charge in [-0.2, -0.15) is 8.42 Å². The smallest absolute Gasteiger partial charge is 0.264 e. The minimum Gasteiger partial charge on any atom is -0.394 e. The Hall–Kier alpha value is -0.890. The van der Waals surface area contributed by atoms with Crippen molar-refractivity contribution >= 4 is 10.1 Å². The van der Waals surface area contributed by atoms with E-state index in [4.69, 9.17) is 47.1 Å². The fraction of sp³-hybridized carbons (Fsp3) is 1.00. The molecule has 2 bridgehead atoms. The van der Waals surface area contributed by atoms with Crippen molar-refractivity contribution in [2.45, 2.75) is 123 Å². The van der Waals surface area contributed by atoms with Crippen LogP contribution in [0.15, 0.2) is 0 Å². The number of hydrogen-bond acceptors (Lipinski definition) is 23. The van der Waals surface area contributed by atoms with Gasteiger partial charge in [0.15, 0.2) is 37.4 Å². The van der Waals surface area contributed by atoms with Crippen LogP contribution in [0, 0.1) is 0 Å². The first-order valence-electron chi connectivity index (χ1n) is 15.1. The predicted octanol–water partition coefficient (Wildman–Crippen LogP) is -8.79. The SMILES string of the molecule is CS(=O)(=O)O[C@H]1[C@@H](O[C@H]2[C@H](O)[C@@H](O)[C@@H](O[C@H]3[C@@H]4OOC[C@H]3O[C@H](O[C@H]3[C@H](O)[C@@H](O)[C@@H](O)O[C@@H]3CO)[C@@H]4O)O[C@@H]2CO)O[C@H](CO)[C@@H](O)[C@@H]1O. The summed E-state index contributed by atoms with van der Waals surface area (Å²) in [4.78, 5) is 10.2. The van der Waals surface area contributed by atoms with Crippen LogP contribution >= 0.6 is 0 Å². The summed E-state index contributed by atoms with van der Waals surface area (Å²) in [5, 5.41) is 113. The Morgan fingerprint density at radius 3 is 1.69 bits per heavy atom. The Labute approximate surface area is 277 Å². The van der Waals surface area contributed by atoms with Gasteiger partial charge in [0, 0.05) is 0 Å². The summed E-state index contributed by atoms with van der Waals surface area (Å²) in [5.41, 5.74) is 0. The molecule has 5 aliphatic heterocycles. The van der Waals surface area contributed by atoms with Gasteiger partial charge < -0.3 is 89.3 Å². The average molecular weight is 743 g/mol. The normalized spacial score (nSPS) is 51.0. The van der Waals surface area contributed by atoms with E-state index in [0.717, 1.165) is 0 Å². The lowest BCUT2D eigenvalue weighted by Gasteiger charge is -2.50. The van der Waals surface area contributed by atoms with Gasteiger partial charge in [0.05, 0.1) is 26.1 Å². The second-order valence-electron chi connectivity index (χ2n) is 12.1. The van der Waals surface area contributed by atoms with Crippen LogP contribution < -0.4 is 0 Å². The lowest BCUT2D eigenvalue weighted by atomic mass is 9.95. The Balaban J connectivity index is 1.27. The summed E-state index contributed by atoms with van der Waals surface area (Å²) in [7, 11) is -4.30. The largest absolute Gasteiger partial charge is 0.394 e. The van der Waals surface area contributed by atoms with Crippen molar-refractivity contribution in [3.63, 3.8) is 0 Å². The minimum atomic E-state index is -4.30. The van der Waals surface area contributed by atoms with Crippen molar-refractivity contribution in [2.75, 3.05) is 32.7 Å². The van der Waals surface area contributed by atoms with Crippen LogP contribution in [0.3, 0.4) is 0 Å². The molecule has 286 valence electrons. The Kier molecular flexibility index (Phi) is 12.8. The highest BCUT2D eigenvalue weighted by Gasteiger charge is 2.57. The summed E-state index contributed by atoms with van der Waals surface area (Å²) in [5.74, 6) is 0. The molecule has 0 amide bonds. The van der Waals surface area contributed by atoms with Gasteiger partial charge in [-0.3, -0.25) is 4.18 Å². The molecule has 23 nitrogen and oxygen atoms in total. The zero-order chi connectivity index (χ0) is 35.9. The quantitative estimate of drug-likeness (QED) is 0.0691. The molecule has 0 aliphatic carbocycles. The lowest BCUT2D eigenvalue weighted by molar-refractivity contribution is -0.466. The number of hydrogen-bond donors (Lipinski definition) is 11. The molecule has 5 heterocycles. The molecule has 11 N–H and O–H groups in total. The highest BCUT2D eigenvalue weighted by atomic mass is 32.2. The molecule has 0 aromatic heterocycles. The van der Waals surface area contributed by atoms with Gasteiger partial charge in [-0.25, -0.2) is 9.78 Å². The maximum absolute atomic E-state index is 11.9. The summed E-state index contributed by atoms with van der Waals surface area (Å²) in [6, 6.07) is 0. The minimum absolute atomic E-state index is 0.357. The molecular weight excluding hydrogens is 700 g/mol. The van der Waals surface area contributed by atoms with E-state index >= 15 is 0 Å². The van der Waals surface area contributed by atoms with Gasteiger partial charge >= 0.3 is 0 Å². The molecule has 0 unspecified atom stereocenters. The zero-order valence-corrected chi connectivity index (χ0v) is 26.4. The molecule has 49 heavy (non-hydrogen) atoms. The standard InChI is InChI=1S/C25H42O23S/c1-49(37,38)48-21-11(30)10(29)6(2-26)41-25(21)45-18-8(4-28)42-23(15(34)13(18)32)46-19-9-5-39-47-20(19)16(35)24(43-9)44-17-7(3-27)40-22(36)14(33)12(17)31/h6-36H,2-5H2,1H3/t6-,7-,8-,9-,10-,11+,12-,13-,14-,15-,16-,17-,18-,19-,20-,21-,22+,23-,24-,25-/m1/s1. The fourth-order valence-corrected chi connectivity index (χ4v) is 6.71. The van der Waals surface area contributed by atoms with Crippen molar-refractivity contribution in [3.8, 4) is 0 Å². The molecule has 0 aromatic carbocycles. The fourth-order valence-electron chi connectivity index (χ4n) is 6.10. The van der Waals surface area contributed by atoms with Crippen LogP contribution in [0.4, 0.5) is 0 Å². The highest BCUT2D eigenvalue weighted by Crippen LogP contribution is 2.37. The number of aliphatic hydroxyl groups excluding tert-OH is 11. The van der Waals surface area contributed by atoms with E-state index < -0.39 is 153 Å². The van der Waals surface area contributed by atoms with Crippen LogP contribution in [-0.2, 0) is 57.2 Å². The molecule has 5 saturated heterocycles. The maximum atomic E-state index is 11.9. The van der Waals surface area contributed by atoms with Crippen LogP contribution in [0.2, 0.25) is 0 Å². The van der Waals surface area contributed by atoms with Crippen molar-refractivity contribution in [1.82, 2.24) is 0 Å². The first kappa shape index (κ1) is 39.3. The van der Waals surface area contributed by atoms with Gasteiger partial charge in [0.2, 0.25) is 0 Å². The topological polar surface area (TPSA) is 349 Å². The maximum Gasteiger partial charge on any atom is 0.264 e. The number of fused-ring (bicyclic) bond motifs is 2. The third-order valence-electron chi connectivity index (χ3n) is 8.67. The van der Waals surface area contributed by atoms with E-state index in [0.29, 0.717) is 6.26 Å². The van der Waals surface area contributed by atoms with Crippen molar-refractivity contribution in [2.24, 2.45) is 0 Å². The lowest BCUT2D eigenvalue weighted by Crippen LogP contribution is -2.69. The second kappa shape index (κ2) is 16.0. The van der Waals surface area contributed by atoms with Crippen LogP contribution in [0.5, 0.6) is 0 Å². The molecular formula is C25H42O23S. The van der Waals surface area contributed by atoms with E-state index in [-0.39, 0.29) is 6.61 Å². The van der Waals surface area contributed by atoms with E-state index in [2.05, 4.69) is 0 Å². The second-order valence-corrected chi connectivity index (χ2v) is 13.7. The number of rotatable bonds is 11. The molecule has 5 rings (SSSR count). The number of aliphatic hydroxyl groups is 11. The summed E-state index contributed by atoms with van der Waals surface area (Å²) in [6.07, 6.45) is -33.1. The van der Waals surface area contributed by atoms with Gasteiger partial charge in [-0.1, -0.05) is 0 Å². The van der Waals surface area contributed by atoms with Crippen LogP contribution in [0.1, 0.15) is 0 Å². The zero-order valence-electron chi connectivity index (χ0n) is 25.6. The van der Waals surface area contributed by atoms with Crippen LogP contribution in [0.25, 0.3) is 0 Å². The summed E-state index contributed by atoms with van der Waals surface area (Å²) in [6.45, 7) is -2.88. The Morgan fingerprint density at radius 2 is 1.08 bits per heavy atom. The first-order chi connectivity index (χ1) is 23.1. The van der Waals surface area contributed by atoms with E-state index in [1.165, 1.54) is 0 Å². The Morgan fingerprint density at radius 1 is 0.571 bits per heavy atom. The van der Waals surface area contributed by atoms with Gasteiger partial charge in [0.25, 0.3) is 10.1 Å². The third-order valence-corrected chi connectivity index (χ3v) is 9.24. The average Bonchev–Trinajstić information content (AvgIpc) is 3.06. The van der Waals surface area contributed by atoms with Gasteiger partial charge in [-0.05, 0) is 0 Å². The molecule has 0 saturated carbocycles. The summed E-state index contributed by atoms with van der Waals surface area (Å²) < 4.78 is 67.5. The third kappa shape index (κ3) is 8.20. The molecule has 0 radical (unpaired) electrons. The molecule has 24 heteroatoms. The van der Waals surface area contributed by atoms with Crippen molar-refractivity contribution < 1.29 is 112 Å². The van der Waals surface area contributed by atoms with Gasteiger partial charge in [0.1, 0.15) is 92.1 Å². The molecule has 5 fully saturated rings. The number of ether oxygens (including phenoxy) is 7. The molecule has 0 spiro atoms. The monoisotopic (exact) mass is 742 g/mol. The predicted molar refractivity (Wildman–Crippen MR) is 145 cm³/mol. The molecule has 0 aromatic rings. The molecule has 5 aliphatic rings. The van der Waals surface area contributed by atoms with Crippen molar-refractivity contribution in [1.29, 1.82) is 0 Å². The van der Waals surface area contributed by atoms with Crippen LogP contribution in [-0.4, -0.2) is 220 Å². The molecule has 20 atom stereocenters.